The third kappa shape index (κ3) is 6.60. The Bertz CT molecular complexity index is 1820. The van der Waals surface area contributed by atoms with Gasteiger partial charge in [0, 0.05) is 65.8 Å². The average Bonchev–Trinajstić information content (AvgIpc) is 3.55. The van der Waals surface area contributed by atoms with Gasteiger partial charge in [-0.15, -0.1) is 0 Å². The number of ether oxygens (including phenoxy) is 2. The van der Waals surface area contributed by atoms with Crippen molar-refractivity contribution in [3.05, 3.63) is 71.5 Å². The maximum Gasteiger partial charge on any atom is 0.264 e. The number of carbonyl (C=O) groups is 5. The zero-order chi connectivity index (χ0) is 32.0. The molecule has 0 spiro atoms. The summed E-state index contributed by atoms with van der Waals surface area (Å²) in [6.45, 7) is 2.15. The highest BCUT2D eigenvalue weighted by atomic mass is 16.5. The van der Waals surface area contributed by atoms with Crippen LogP contribution in [0.2, 0.25) is 0 Å². The summed E-state index contributed by atoms with van der Waals surface area (Å²) in [5.41, 5.74) is 4.03. The van der Waals surface area contributed by atoms with E-state index in [2.05, 4.69) is 38.1 Å². The number of hydrogen-bond acceptors (Lipinski definition) is 9. The van der Waals surface area contributed by atoms with E-state index in [1.807, 2.05) is 18.3 Å². The van der Waals surface area contributed by atoms with Crippen molar-refractivity contribution in [2.75, 3.05) is 44.8 Å². The van der Waals surface area contributed by atoms with Crippen molar-refractivity contribution in [1.29, 1.82) is 0 Å². The summed E-state index contributed by atoms with van der Waals surface area (Å²) in [6, 6.07) is 12.0. The Balaban J connectivity index is 0.847. The summed E-state index contributed by atoms with van der Waals surface area (Å²) in [7, 11) is 0. The summed E-state index contributed by atoms with van der Waals surface area (Å²) in [6.07, 6.45) is 4.78. The Hall–Kier alpha value is -5.14. The van der Waals surface area contributed by atoms with Gasteiger partial charge in [0.15, 0.2) is 0 Å². The van der Waals surface area contributed by atoms with E-state index in [1.165, 1.54) is 0 Å². The Labute approximate surface area is 264 Å². The van der Waals surface area contributed by atoms with Crippen LogP contribution in [0.3, 0.4) is 0 Å². The van der Waals surface area contributed by atoms with Crippen LogP contribution in [0, 0.1) is 0 Å². The fraction of sp³-hybridized carbons (Fsp3) is 0.333. The molecule has 2 aliphatic rings. The molecule has 5 amide bonds. The van der Waals surface area contributed by atoms with Crippen LogP contribution in [0.4, 0.5) is 5.69 Å². The number of rotatable bonds is 14. The molecule has 0 aliphatic carbocycles. The fourth-order valence-corrected chi connectivity index (χ4v) is 5.80. The molecule has 1 fully saturated rings. The quantitative estimate of drug-likeness (QED) is 0.121. The number of nitrogens with one attached hydrogen (secondary N) is 4. The molecular formula is C33H34N6O7. The number of aryl methyl sites for hydroxylation is 1. The van der Waals surface area contributed by atoms with Crippen molar-refractivity contribution >= 4 is 57.0 Å². The van der Waals surface area contributed by atoms with E-state index in [0.29, 0.717) is 58.0 Å². The number of nitrogens with zero attached hydrogens (tertiary/aromatic N) is 2. The molecule has 4 N–H and O–H groups in total. The van der Waals surface area contributed by atoms with Crippen LogP contribution in [0.15, 0.2) is 54.9 Å². The molecule has 238 valence electrons. The van der Waals surface area contributed by atoms with Crippen LogP contribution in [-0.4, -0.2) is 90.0 Å². The molecule has 6 rings (SSSR count). The van der Waals surface area contributed by atoms with Crippen LogP contribution < -0.4 is 16.0 Å². The number of pyridine rings is 1. The highest BCUT2D eigenvalue weighted by Crippen LogP contribution is 2.32. The van der Waals surface area contributed by atoms with Crippen LogP contribution in [0.25, 0.3) is 21.8 Å². The Morgan fingerprint density at radius 3 is 2.59 bits per heavy atom. The van der Waals surface area contributed by atoms with Gasteiger partial charge >= 0.3 is 0 Å². The minimum Gasteiger partial charge on any atom is -0.382 e. The van der Waals surface area contributed by atoms with Gasteiger partial charge in [0.1, 0.15) is 6.04 Å². The van der Waals surface area contributed by atoms with Crippen LogP contribution in [0.1, 0.15) is 45.5 Å². The molecular weight excluding hydrogens is 592 g/mol. The number of aromatic amines is 1. The number of fused-ring (bicyclic) bond motifs is 4. The van der Waals surface area contributed by atoms with Crippen LogP contribution in [-0.2, 0) is 30.3 Å². The number of amides is 5. The summed E-state index contributed by atoms with van der Waals surface area (Å²) in [5.74, 6) is -2.22. The zero-order valence-corrected chi connectivity index (χ0v) is 25.1. The van der Waals surface area contributed by atoms with Gasteiger partial charge in [0.25, 0.3) is 11.8 Å². The molecule has 0 bridgehead atoms. The highest BCUT2D eigenvalue weighted by molar-refractivity contribution is 6.25. The van der Waals surface area contributed by atoms with Gasteiger partial charge in [-0.05, 0) is 42.7 Å². The lowest BCUT2D eigenvalue weighted by molar-refractivity contribution is -0.136. The molecule has 13 heteroatoms. The number of aromatic nitrogens is 2. The molecule has 2 aliphatic heterocycles. The number of hydrogen-bond donors (Lipinski definition) is 4. The first-order valence-corrected chi connectivity index (χ1v) is 15.3. The number of benzene rings is 2. The molecule has 0 radical (unpaired) electrons. The van der Waals surface area contributed by atoms with Gasteiger partial charge in [0.05, 0.1) is 37.6 Å². The molecule has 46 heavy (non-hydrogen) atoms. The predicted octanol–water partition coefficient (Wildman–Crippen LogP) is 2.31. The second-order valence-corrected chi connectivity index (χ2v) is 11.1. The number of imide groups is 2. The molecule has 2 aromatic heterocycles. The SMILES string of the molecule is O=C(CCc1ccc2c(c1)[nH]c1ccncc12)NCCOCCOCCNc1cccc2c1C(=O)N(C1CCC(=O)NC1=O)C2=O. The third-order valence-corrected chi connectivity index (χ3v) is 8.08. The molecule has 2 aromatic carbocycles. The molecule has 0 saturated carbocycles. The van der Waals surface area contributed by atoms with Gasteiger partial charge in [-0.1, -0.05) is 18.2 Å². The fourth-order valence-electron chi connectivity index (χ4n) is 5.80. The van der Waals surface area contributed by atoms with Crippen molar-refractivity contribution in [2.45, 2.75) is 31.7 Å². The van der Waals surface area contributed by atoms with Crippen molar-refractivity contribution in [3.8, 4) is 0 Å². The molecule has 1 atom stereocenters. The number of carbonyl (C=O) groups excluding carboxylic acids is 5. The molecule has 1 unspecified atom stereocenters. The Morgan fingerprint density at radius 2 is 1.76 bits per heavy atom. The van der Waals surface area contributed by atoms with E-state index in [0.717, 1.165) is 32.3 Å². The lowest BCUT2D eigenvalue weighted by Crippen LogP contribution is -2.54. The van der Waals surface area contributed by atoms with Crippen molar-refractivity contribution in [2.24, 2.45) is 0 Å². The monoisotopic (exact) mass is 626 g/mol. The van der Waals surface area contributed by atoms with Gasteiger partial charge < -0.3 is 25.1 Å². The maximum absolute atomic E-state index is 13.2. The van der Waals surface area contributed by atoms with Crippen LogP contribution >= 0.6 is 0 Å². The lowest BCUT2D eigenvalue weighted by atomic mass is 10.0. The first-order chi connectivity index (χ1) is 22.4. The average molecular weight is 627 g/mol. The maximum atomic E-state index is 13.2. The van der Waals surface area contributed by atoms with Crippen molar-refractivity contribution in [3.63, 3.8) is 0 Å². The second kappa shape index (κ2) is 13.9. The van der Waals surface area contributed by atoms with E-state index in [9.17, 15) is 24.0 Å². The van der Waals surface area contributed by atoms with Crippen molar-refractivity contribution in [1.82, 2.24) is 25.5 Å². The van der Waals surface area contributed by atoms with Gasteiger partial charge in [-0.2, -0.15) is 0 Å². The second-order valence-electron chi connectivity index (χ2n) is 11.1. The standard InChI is InChI=1S/C33H34N6O7/c40-28(8-5-20-4-6-21-23-19-34-11-10-24(23)37-26(21)18-20)36-13-15-46-17-16-45-14-12-35-25-3-1-2-22-30(25)33(44)39(32(22)43)27-7-9-29(41)38-31(27)42/h1-4,6,10-11,18-19,27,35,37H,5,7-9,12-17H2,(H,36,40)(H,38,41,42). The normalized spacial score (nSPS) is 16.3. The first kappa shape index (κ1) is 30.9. The van der Waals surface area contributed by atoms with E-state index < -0.39 is 29.7 Å². The minimum atomic E-state index is -1.01. The molecule has 13 nitrogen and oxygen atoms in total. The van der Waals surface area contributed by atoms with E-state index >= 15 is 0 Å². The van der Waals surface area contributed by atoms with Gasteiger partial charge in [-0.25, -0.2) is 0 Å². The van der Waals surface area contributed by atoms with Gasteiger partial charge in [-0.3, -0.25) is 39.2 Å². The summed E-state index contributed by atoms with van der Waals surface area (Å²) in [4.78, 5) is 70.7. The molecule has 4 heterocycles. The van der Waals surface area contributed by atoms with E-state index in [-0.39, 0.29) is 29.9 Å². The number of H-pyrrole nitrogens is 1. The Kier molecular flexibility index (Phi) is 9.31. The predicted molar refractivity (Wildman–Crippen MR) is 168 cm³/mol. The zero-order valence-electron chi connectivity index (χ0n) is 25.1. The molecule has 4 aromatic rings. The van der Waals surface area contributed by atoms with E-state index in [1.54, 1.807) is 24.4 Å². The summed E-state index contributed by atoms with van der Waals surface area (Å²) >= 11 is 0. The van der Waals surface area contributed by atoms with Crippen molar-refractivity contribution < 1.29 is 33.4 Å². The molecule has 1 saturated heterocycles. The largest absolute Gasteiger partial charge is 0.382 e. The highest BCUT2D eigenvalue weighted by Gasteiger charge is 2.45. The minimum absolute atomic E-state index is 0.0420. The van der Waals surface area contributed by atoms with E-state index in [4.69, 9.17) is 9.47 Å². The van der Waals surface area contributed by atoms with Crippen LogP contribution in [0.5, 0.6) is 0 Å². The summed E-state index contributed by atoms with van der Waals surface area (Å²) < 4.78 is 11.1. The lowest BCUT2D eigenvalue weighted by Gasteiger charge is -2.27. The first-order valence-electron chi connectivity index (χ1n) is 15.3. The van der Waals surface area contributed by atoms with Gasteiger partial charge in [0.2, 0.25) is 17.7 Å². The topological polar surface area (TPSA) is 172 Å². The smallest absolute Gasteiger partial charge is 0.264 e. The summed E-state index contributed by atoms with van der Waals surface area (Å²) in [5, 5.41) is 10.4. The number of anilines is 1. The Morgan fingerprint density at radius 1 is 0.935 bits per heavy atom. The third-order valence-electron chi connectivity index (χ3n) is 8.08. The number of piperidine rings is 1.